The Bertz CT molecular complexity index is 1790. The van der Waals surface area contributed by atoms with Crippen LogP contribution in [-0.4, -0.2) is 65.9 Å². The van der Waals surface area contributed by atoms with Gasteiger partial charge in [0.25, 0.3) is 0 Å². The Kier molecular flexibility index (Phi) is 12.8. The minimum absolute atomic E-state index is 0.0102. The number of hydrogen-bond donors (Lipinski definition) is 4. The van der Waals surface area contributed by atoms with Crippen LogP contribution in [0.5, 0.6) is 34.5 Å². The molecule has 4 aromatic rings. The number of phenols is 3. The van der Waals surface area contributed by atoms with Crippen LogP contribution in [0, 0.1) is 0 Å². The first-order valence-corrected chi connectivity index (χ1v) is 15.0. The number of esters is 2. The third-order valence-electron chi connectivity index (χ3n) is 7.00. The number of carbonyl (C=O) groups is 2. The van der Waals surface area contributed by atoms with Crippen molar-refractivity contribution in [1.82, 2.24) is 0 Å². The van der Waals surface area contributed by atoms with E-state index < -0.39 is 24.1 Å². The summed E-state index contributed by atoms with van der Waals surface area (Å²) < 4.78 is 27.5. The Balaban J connectivity index is 1.43. The number of aromatic hydroxyl groups is 3. The molecule has 0 bridgehead atoms. The minimum atomic E-state index is -1.33. The van der Waals surface area contributed by atoms with Gasteiger partial charge in [-0.1, -0.05) is 42.5 Å². The zero-order valence-corrected chi connectivity index (χ0v) is 26.8. The normalized spacial score (nSPS) is 12.6. The van der Waals surface area contributed by atoms with Crippen molar-refractivity contribution in [2.75, 3.05) is 27.4 Å². The highest BCUT2D eigenvalue weighted by atomic mass is 16.6. The predicted molar refractivity (Wildman–Crippen MR) is 182 cm³/mol. The fraction of sp³-hybridized carbons (Fsp3) is 0.158. The van der Waals surface area contributed by atoms with Crippen molar-refractivity contribution in [3.05, 3.63) is 125 Å². The fourth-order valence-electron chi connectivity index (χ4n) is 4.41. The number of carbonyl (C=O) groups excluding carboxylic acids is 2. The van der Waals surface area contributed by atoms with Gasteiger partial charge in [0.1, 0.15) is 30.8 Å². The van der Waals surface area contributed by atoms with E-state index in [4.69, 9.17) is 23.7 Å². The van der Waals surface area contributed by atoms with Gasteiger partial charge in [0.15, 0.2) is 29.1 Å². The lowest BCUT2D eigenvalue weighted by molar-refractivity contribution is -0.142. The summed E-state index contributed by atoms with van der Waals surface area (Å²) in [6, 6.07) is 21.9. The van der Waals surface area contributed by atoms with E-state index in [1.165, 1.54) is 74.9 Å². The van der Waals surface area contributed by atoms with Crippen molar-refractivity contribution in [1.29, 1.82) is 0 Å². The molecule has 0 aliphatic heterocycles. The number of aliphatic hydroxyl groups excluding tert-OH is 1. The highest BCUT2D eigenvalue weighted by molar-refractivity contribution is 5.87. The van der Waals surface area contributed by atoms with Crippen LogP contribution < -0.4 is 14.2 Å². The minimum Gasteiger partial charge on any atom is -0.508 e. The average molecular weight is 669 g/mol. The first-order valence-electron chi connectivity index (χ1n) is 15.0. The molecule has 11 nitrogen and oxygen atoms in total. The van der Waals surface area contributed by atoms with Crippen molar-refractivity contribution in [3.63, 3.8) is 0 Å². The molecule has 2 atom stereocenters. The van der Waals surface area contributed by atoms with Gasteiger partial charge in [-0.2, -0.15) is 0 Å². The summed E-state index contributed by atoms with van der Waals surface area (Å²) in [5, 5.41) is 40.2. The summed E-state index contributed by atoms with van der Waals surface area (Å²) >= 11 is 0. The van der Waals surface area contributed by atoms with E-state index >= 15 is 0 Å². The van der Waals surface area contributed by atoms with E-state index in [2.05, 4.69) is 0 Å². The standard InChI is InChI=1S/C38H36O11/c1-45-33-23-28(12-17-31(33)41)38(44)35(24-48-37(43)20-11-26-7-15-30(40)16-8-26)49-32-18-9-27(22-34(32)46-2)4-3-21-47-36(42)19-10-25-5-13-29(39)14-6-25/h3-20,22-23,35,38-41,44H,21,24H2,1-2H3/b4-3+,19-10+,20-11+/t35-,38+/m0/s1. The SMILES string of the molecule is COc1cc([C@@H](O)[C@H](COC(=O)/C=C/c2ccc(O)cc2)Oc2ccc(/C=C/COC(=O)/C=C/c3ccc(O)cc3)cc2OC)ccc1O. The number of hydrogen-bond acceptors (Lipinski definition) is 11. The summed E-state index contributed by atoms with van der Waals surface area (Å²) in [6.45, 7) is -0.350. The molecule has 0 heterocycles. The first-order chi connectivity index (χ1) is 23.6. The van der Waals surface area contributed by atoms with Crippen LogP contribution in [0.25, 0.3) is 18.2 Å². The molecule has 0 fully saturated rings. The second-order valence-corrected chi connectivity index (χ2v) is 10.5. The molecule has 0 unspecified atom stereocenters. The van der Waals surface area contributed by atoms with Gasteiger partial charge in [-0.3, -0.25) is 0 Å². The van der Waals surface area contributed by atoms with Gasteiger partial charge in [0.2, 0.25) is 0 Å². The lowest BCUT2D eigenvalue weighted by Crippen LogP contribution is -2.31. The van der Waals surface area contributed by atoms with Gasteiger partial charge in [-0.05, 0) is 89.0 Å². The van der Waals surface area contributed by atoms with Crippen LogP contribution >= 0.6 is 0 Å². The molecule has 0 saturated heterocycles. The number of ether oxygens (including phenoxy) is 5. The van der Waals surface area contributed by atoms with Crippen LogP contribution in [0.4, 0.5) is 0 Å². The van der Waals surface area contributed by atoms with E-state index in [0.29, 0.717) is 22.4 Å². The third-order valence-corrected chi connectivity index (χ3v) is 7.00. The lowest BCUT2D eigenvalue weighted by atomic mass is 10.0. The molecular formula is C38H36O11. The molecular weight excluding hydrogens is 632 g/mol. The van der Waals surface area contributed by atoms with E-state index in [9.17, 15) is 30.0 Å². The van der Waals surface area contributed by atoms with Gasteiger partial charge in [-0.15, -0.1) is 0 Å². The summed E-state index contributed by atoms with van der Waals surface area (Å²) in [6.07, 6.45) is 6.52. The van der Waals surface area contributed by atoms with Crippen molar-refractivity contribution in [2.45, 2.75) is 12.2 Å². The van der Waals surface area contributed by atoms with Gasteiger partial charge < -0.3 is 44.1 Å². The highest BCUT2D eigenvalue weighted by Crippen LogP contribution is 2.34. The Morgan fingerprint density at radius 2 is 1.22 bits per heavy atom. The maximum absolute atomic E-state index is 12.6. The molecule has 4 N–H and O–H groups in total. The third kappa shape index (κ3) is 10.9. The quantitative estimate of drug-likeness (QED) is 0.0891. The zero-order chi connectivity index (χ0) is 35.2. The molecule has 0 saturated carbocycles. The largest absolute Gasteiger partial charge is 0.508 e. The molecule has 0 amide bonds. The average Bonchev–Trinajstić information content (AvgIpc) is 3.11. The van der Waals surface area contributed by atoms with Crippen LogP contribution in [-0.2, 0) is 19.1 Å². The molecule has 4 rings (SSSR count). The molecule has 254 valence electrons. The zero-order valence-electron chi connectivity index (χ0n) is 26.8. The van der Waals surface area contributed by atoms with Gasteiger partial charge in [0, 0.05) is 12.2 Å². The molecule has 4 aromatic carbocycles. The Hall–Kier alpha value is -6.20. The Morgan fingerprint density at radius 1 is 0.653 bits per heavy atom. The van der Waals surface area contributed by atoms with E-state index in [1.807, 2.05) is 0 Å². The summed E-state index contributed by atoms with van der Waals surface area (Å²) in [5.74, 6) is -0.426. The van der Waals surface area contributed by atoms with Crippen LogP contribution in [0.2, 0.25) is 0 Å². The highest BCUT2D eigenvalue weighted by Gasteiger charge is 2.27. The topological polar surface area (TPSA) is 161 Å². The monoisotopic (exact) mass is 668 g/mol. The van der Waals surface area contributed by atoms with Crippen molar-refractivity contribution in [2.24, 2.45) is 0 Å². The lowest BCUT2D eigenvalue weighted by Gasteiger charge is -2.25. The van der Waals surface area contributed by atoms with Crippen molar-refractivity contribution >= 4 is 30.2 Å². The smallest absolute Gasteiger partial charge is 0.331 e. The van der Waals surface area contributed by atoms with Gasteiger partial charge in [0.05, 0.1) is 14.2 Å². The number of benzene rings is 4. The molecule has 0 aliphatic carbocycles. The maximum Gasteiger partial charge on any atom is 0.331 e. The first kappa shape index (κ1) is 35.7. The van der Waals surface area contributed by atoms with Crippen molar-refractivity contribution in [3.8, 4) is 34.5 Å². The Morgan fingerprint density at radius 3 is 1.82 bits per heavy atom. The predicted octanol–water partition coefficient (Wildman–Crippen LogP) is 5.83. The second kappa shape index (κ2) is 17.6. The number of methoxy groups -OCH3 is 2. The summed E-state index contributed by atoms with van der Waals surface area (Å²) in [5.41, 5.74) is 2.43. The van der Waals surface area contributed by atoms with Crippen molar-refractivity contribution < 1.29 is 53.7 Å². The van der Waals surface area contributed by atoms with E-state index in [1.54, 1.807) is 60.7 Å². The van der Waals surface area contributed by atoms with Gasteiger partial charge in [-0.25, -0.2) is 9.59 Å². The Labute approximate surface area is 283 Å². The molecule has 11 heteroatoms. The molecule has 0 spiro atoms. The van der Waals surface area contributed by atoms with Crippen LogP contribution in [0.1, 0.15) is 28.4 Å². The summed E-state index contributed by atoms with van der Waals surface area (Å²) in [7, 11) is 2.82. The second-order valence-electron chi connectivity index (χ2n) is 10.5. The molecule has 0 aromatic heterocycles. The summed E-state index contributed by atoms with van der Waals surface area (Å²) in [4.78, 5) is 24.6. The molecule has 0 aliphatic rings. The van der Waals surface area contributed by atoms with E-state index in [-0.39, 0.29) is 42.0 Å². The number of rotatable bonds is 15. The number of phenolic OH excluding ortho intramolecular Hbond substituents is 3. The van der Waals surface area contributed by atoms with Crippen LogP contribution in [0.15, 0.2) is 103 Å². The van der Waals surface area contributed by atoms with Gasteiger partial charge >= 0.3 is 11.9 Å². The number of aliphatic hydroxyl groups is 1. The molecule has 49 heavy (non-hydrogen) atoms. The molecule has 0 radical (unpaired) electrons. The van der Waals surface area contributed by atoms with E-state index in [0.717, 1.165) is 5.56 Å². The van der Waals surface area contributed by atoms with Crippen LogP contribution in [0.3, 0.4) is 0 Å². The maximum atomic E-state index is 12.6. The fourth-order valence-corrected chi connectivity index (χ4v) is 4.41.